The number of imidazole rings is 1. The van der Waals surface area contributed by atoms with E-state index in [-0.39, 0.29) is 0 Å². The van der Waals surface area contributed by atoms with Crippen LogP contribution in [0.4, 0.5) is 0 Å². The van der Waals surface area contributed by atoms with E-state index in [9.17, 15) is 0 Å². The number of benzene rings is 4. The Morgan fingerprint density at radius 3 is 0.633 bits per heavy atom. The first-order chi connectivity index (χ1) is 59.6. The molecule has 4 aromatic carbocycles. The first-order valence-electron chi connectivity index (χ1n) is 44.9. The maximum absolute atomic E-state index is 4.64. The molecule has 0 bridgehead atoms. The topological polar surface area (TPSA) is 30.7 Å². The van der Waals surface area contributed by atoms with Crippen LogP contribution in [0, 0.1) is 318 Å². The van der Waals surface area contributed by atoms with Crippen LogP contribution in [0.2, 0.25) is 0 Å². The number of aromatic nitrogens is 3. The molecule has 0 saturated heterocycles. The van der Waals surface area contributed by atoms with E-state index in [4.69, 9.17) is 0 Å². The molecule has 13 aromatic heterocycles. The van der Waals surface area contributed by atoms with Crippen LogP contribution in [-0.2, 0) is 7.05 Å². The summed E-state index contributed by atoms with van der Waals surface area (Å²) in [6, 6.07) is 0. The molecule has 0 amide bonds. The number of thiazole rings is 1. The summed E-state index contributed by atoms with van der Waals surface area (Å²) in [6.07, 6.45) is 0. The SMILES string of the molecule is Cc1c(C)c(C)c2c(C)[se]c(C)c2c1C.Cc1c(C)c(C)c2c(C)sc(C)c2c1C.Cc1c(C)c(C)c2c(nc(C)n2C)c1C.Cc1nc2c(C)c(C)c(C)c(C)c2s1.Cc1sc(-c2sc(-c3sc(-c4sc(C)c(C)c4C)c(C)c3C)c(C)c2C)c(C)c1C.Cc1sc(-c2sc(-c3sc(C)c(C)c3C)c(C)c2C)c(C)c1C.Cc1sc(-c2sc(C)c(C)c2C)c(C)c1C. The van der Waals surface area contributed by atoms with Crippen LogP contribution in [0.3, 0.4) is 0 Å². The van der Waals surface area contributed by atoms with Gasteiger partial charge in [0.25, 0.3) is 0 Å². The number of nitrogens with zero attached hydrogens (tertiary/aromatic N) is 3. The van der Waals surface area contributed by atoms with Gasteiger partial charge in [-0.3, -0.25) is 0 Å². The van der Waals surface area contributed by atoms with Gasteiger partial charge in [0.2, 0.25) is 0 Å². The maximum Gasteiger partial charge on any atom is 0.106 e. The third-order valence-electron chi connectivity index (χ3n) is 29.9. The second-order valence-corrected chi connectivity index (χ2v) is 52.8. The van der Waals surface area contributed by atoms with Crippen molar-refractivity contribution in [3.05, 3.63) is 248 Å². The summed E-state index contributed by atoms with van der Waals surface area (Å²) in [7, 11) is 2.09. The molecule has 0 atom stereocenters. The van der Waals surface area contributed by atoms with Gasteiger partial charge in [-0.15, -0.1) is 125 Å². The molecular weight excluding hydrogens is 1830 g/mol. The number of hydrogen-bond donors (Lipinski definition) is 0. The van der Waals surface area contributed by atoms with Gasteiger partial charge in [-0.25, -0.2) is 9.97 Å². The van der Waals surface area contributed by atoms with Gasteiger partial charge in [-0.1, -0.05) is 0 Å². The number of aryl methyl sites for hydroxylation is 21. The van der Waals surface area contributed by atoms with Crippen molar-refractivity contribution < 1.29 is 0 Å². The predicted octanol–water partition coefficient (Wildman–Crippen LogP) is 38.5. The van der Waals surface area contributed by atoms with Crippen LogP contribution in [0.5, 0.6) is 0 Å². The molecule has 680 valence electrons. The molecule has 0 aliphatic carbocycles. The van der Waals surface area contributed by atoms with Gasteiger partial charge in [-0.2, -0.15) is 0 Å². The Labute approximate surface area is 820 Å². The van der Waals surface area contributed by atoms with Gasteiger partial charge in [0, 0.05) is 105 Å². The molecule has 128 heavy (non-hydrogen) atoms. The van der Waals surface area contributed by atoms with Crippen molar-refractivity contribution >= 4 is 182 Å². The fraction of sp³-hybridized carbons (Fsp3) is 0.416. The molecule has 0 spiro atoms. The van der Waals surface area contributed by atoms with Crippen LogP contribution < -0.4 is 0 Å². The van der Waals surface area contributed by atoms with Gasteiger partial charge in [0.1, 0.15) is 5.82 Å². The van der Waals surface area contributed by atoms with E-state index >= 15 is 0 Å². The van der Waals surface area contributed by atoms with E-state index in [1.165, 1.54) is 313 Å². The minimum Gasteiger partial charge on any atom is -0.331 e. The minimum absolute atomic E-state index is 0.595. The third kappa shape index (κ3) is 18.5. The molecular formula is C113H141N3S11Se. The maximum atomic E-state index is 4.64. The summed E-state index contributed by atoms with van der Waals surface area (Å²) in [5.74, 6) is 1.08. The number of hydrogen-bond acceptors (Lipinski definition) is 13. The molecule has 0 aliphatic heterocycles. The quantitative estimate of drug-likeness (QED) is 0.155. The summed E-state index contributed by atoms with van der Waals surface area (Å²) >= 11 is 22.0. The van der Waals surface area contributed by atoms with E-state index in [2.05, 4.69) is 340 Å². The van der Waals surface area contributed by atoms with E-state index in [0.717, 1.165) is 16.3 Å². The van der Waals surface area contributed by atoms with Gasteiger partial charge in [0.05, 0.1) is 26.3 Å². The Hall–Kier alpha value is -6.24. The molecule has 13 heterocycles. The number of thiophene rings is 10. The van der Waals surface area contributed by atoms with E-state index in [0.29, 0.717) is 14.5 Å². The summed E-state index contributed by atoms with van der Waals surface area (Å²) in [6.45, 7) is 103. The Bertz CT molecular complexity index is 6740. The first kappa shape index (κ1) is 102. The molecule has 0 saturated carbocycles. The third-order valence-corrected chi connectivity index (χ3v) is 47.2. The van der Waals surface area contributed by atoms with Crippen LogP contribution in [0.25, 0.3) is 101 Å². The zero-order chi connectivity index (χ0) is 95.6. The monoisotopic (exact) mass is 1970 g/mol. The normalized spacial score (nSPS) is 11.4. The van der Waals surface area contributed by atoms with E-state index in [1.807, 2.05) is 113 Å². The number of rotatable bonds is 6. The van der Waals surface area contributed by atoms with Crippen molar-refractivity contribution in [2.45, 2.75) is 318 Å². The van der Waals surface area contributed by atoms with Crippen molar-refractivity contribution in [2.75, 3.05) is 0 Å². The second kappa shape index (κ2) is 39.7. The minimum atomic E-state index is 0.595. The van der Waals surface area contributed by atoms with E-state index < -0.39 is 0 Å². The summed E-state index contributed by atoms with van der Waals surface area (Å²) < 4.78 is 6.77. The van der Waals surface area contributed by atoms with Crippen LogP contribution in [0.1, 0.15) is 248 Å². The van der Waals surface area contributed by atoms with Crippen LogP contribution in [-0.4, -0.2) is 29.0 Å². The Kier molecular flexibility index (Phi) is 31.8. The fourth-order valence-corrected chi connectivity index (χ4v) is 35.0. The van der Waals surface area contributed by atoms with Crippen LogP contribution >= 0.6 is 125 Å². The molecule has 0 fully saturated rings. The zero-order valence-electron chi connectivity index (χ0n) is 86.2. The van der Waals surface area contributed by atoms with Crippen LogP contribution in [0.15, 0.2) is 0 Å². The average molecular weight is 1970 g/mol. The second-order valence-electron chi connectivity index (χ2n) is 36.7. The molecule has 0 radical (unpaired) electrons. The Morgan fingerprint density at radius 1 is 0.172 bits per heavy atom. The van der Waals surface area contributed by atoms with E-state index in [1.54, 1.807) is 31.0 Å². The summed E-state index contributed by atoms with van der Waals surface area (Å²) in [5, 5.41) is 7.29. The summed E-state index contributed by atoms with van der Waals surface area (Å²) in [4.78, 5) is 38.5. The van der Waals surface area contributed by atoms with Gasteiger partial charge < -0.3 is 4.57 Å². The van der Waals surface area contributed by atoms with Gasteiger partial charge in [-0.05, 0) is 455 Å². The fourth-order valence-electron chi connectivity index (χ4n) is 17.9. The van der Waals surface area contributed by atoms with Crippen molar-refractivity contribution in [1.29, 1.82) is 0 Å². The van der Waals surface area contributed by atoms with Crippen molar-refractivity contribution in [3.8, 4) is 58.5 Å². The smallest absolute Gasteiger partial charge is 0.106 e. The molecule has 0 N–H and O–H groups in total. The van der Waals surface area contributed by atoms with Gasteiger partial charge in [0.15, 0.2) is 0 Å². The molecule has 3 nitrogen and oxygen atoms in total. The van der Waals surface area contributed by atoms with Gasteiger partial charge >= 0.3 is 97.9 Å². The Morgan fingerprint density at radius 2 is 0.383 bits per heavy atom. The largest absolute Gasteiger partial charge is 0.331 e. The van der Waals surface area contributed by atoms with Crippen molar-refractivity contribution in [1.82, 2.24) is 14.5 Å². The van der Waals surface area contributed by atoms with Crippen molar-refractivity contribution in [3.63, 3.8) is 0 Å². The molecule has 0 aliphatic rings. The summed E-state index contributed by atoms with van der Waals surface area (Å²) in [5.41, 5.74) is 52.6. The standard InChI is InChI=1S/C26H30S4.C20H24S3.C14H18S2.C14H18S.C14H18Se.C13H18N2.C12H15NS/c1-11-13(3)21(27-19(11)9)23-15(5)17(7)25(29-23)26-18(8)16(6)24(30-26)22-14(4)12(2)20(10)28-22;1-9-11(3)17(21-15(9)7)19-13(5)14(6)20(23-19)18-12(4)10(2)16(8)22-18;1-7-9(3)13(15-11(7)5)14-10(4)8(2)12(6)16-14;2*1-7-8(2)10(4)14-12(6)15-11(5)13(14)9(7)3;1-7-8(2)10(4)13-12(9(7)3)14-11(5)15(13)6;1-6-7(2)9(4)12-11(8(6)3)13-10(5)14-12/h1-10H3;1-8H3;1-6H3;3*1-6H3;1-5H3. The molecule has 0 unspecified atom stereocenters. The molecule has 17 rings (SSSR count). The van der Waals surface area contributed by atoms with Crippen molar-refractivity contribution in [2.24, 2.45) is 7.05 Å². The zero-order valence-corrected chi connectivity index (χ0v) is 96.9. The number of fused-ring (bicyclic) bond motifs is 4. The molecule has 15 heteroatoms. The average Bonchev–Trinajstić information content (AvgIpc) is 1.60. The predicted molar refractivity (Wildman–Crippen MR) is 594 cm³/mol. The first-order valence-corrected chi connectivity index (χ1v) is 55.6. The Balaban J connectivity index is 0.000000148. The molecule has 17 aromatic rings.